The Labute approximate surface area is 141 Å². The van der Waals surface area contributed by atoms with Crippen LogP contribution in [0.3, 0.4) is 0 Å². The van der Waals surface area contributed by atoms with E-state index in [1.807, 2.05) is 0 Å². The van der Waals surface area contributed by atoms with E-state index in [2.05, 4.69) is 99.6 Å². The molecule has 1 aliphatic heterocycles. The zero-order chi connectivity index (χ0) is 16.1. The third-order valence-corrected chi connectivity index (χ3v) is 17.7. The van der Waals surface area contributed by atoms with Gasteiger partial charge in [0.2, 0.25) is 0 Å². The molecule has 0 aromatic heterocycles. The summed E-state index contributed by atoms with van der Waals surface area (Å²) in [5, 5.41) is 0. The average molecular weight is 359 g/mol. The summed E-state index contributed by atoms with van der Waals surface area (Å²) in [5.74, 6) is 0. The van der Waals surface area contributed by atoms with Crippen molar-refractivity contribution < 1.29 is 0 Å². The van der Waals surface area contributed by atoms with E-state index in [1.54, 1.807) is 13.2 Å². The van der Waals surface area contributed by atoms with Crippen LogP contribution >= 0.6 is 0 Å². The average Bonchev–Trinajstić information content (AvgIpc) is 2.87. The molecule has 0 fully saturated rings. The van der Waals surface area contributed by atoms with Gasteiger partial charge in [0.15, 0.2) is 0 Å². The van der Waals surface area contributed by atoms with Gasteiger partial charge in [0.25, 0.3) is 0 Å². The van der Waals surface area contributed by atoms with E-state index in [9.17, 15) is 0 Å². The van der Waals surface area contributed by atoms with Crippen molar-refractivity contribution in [3.63, 3.8) is 0 Å². The van der Waals surface area contributed by atoms with Crippen LogP contribution in [0, 0.1) is 0 Å². The second-order valence-electron chi connectivity index (χ2n) is 7.46. The van der Waals surface area contributed by atoms with Crippen molar-refractivity contribution in [2.24, 2.45) is 0 Å². The van der Waals surface area contributed by atoms with Crippen LogP contribution in [0.15, 0.2) is 78.9 Å². The fourth-order valence-electron chi connectivity index (χ4n) is 4.48. The SMILES string of the molecule is C[C](C)(C)[Ge]1([c]2ccccc2)[c]2ccccc2-c2cccc[c]21. The van der Waals surface area contributed by atoms with E-state index in [1.165, 1.54) is 11.1 Å². The Hall–Kier alpha value is -1.80. The molecule has 114 valence electrons. The summed E-state index contributed by atoms with van der Waals surface area (Å²) in [6.45, 7) is 7.33. The summed E-state index contributed by atoms with van der Waals surface area (Å²) >= 11 is -2.73. The summed E-state index contributed by atoms with van der Waals surface area (Å²) in [7, 11) is 0. The normalized spacial score (nSPS) is 15.1. The predicted molar refractivity (Wildman–Crippen MR) is 103 cm³/mol. The molecule has 23 heavy (non-hydrogen) atoms. The summed E-state index contributed by atoms with van der Waals surface area (Å²) in [4.78, 5) is 0. The van der Waals surface area contributed by atoms with Gasteiger partial charge in [-0.05, 0) is 0 Å². The maximum absolute atomic E-state index is 2.73. The summed E-state index contributed by atoms with van der Waals surface area (Å²) in [5.41, 5.74) is 2.92. The van der Waals surface area contributed by atoms with Crippen LogP contribution < -0.4 is 13.2 Å². The minimum atomic E-state index is -2.73. The molecule has 3 aromatic rings. The molecular formula is C22H22Ge. The molecule has 1 heteroatoms. The van der Waals surface area contributed by atoms with Crippen LogP contribution in [-0.2, 0) is 0 Å². The first-order chi connectivity index (χ1) is 11.1. The third kappa shape index (κ3) is 1.91. The van der Waals surface area contributed by atoms with Gasteiger partial charge in [-0.2, -0.15) is 0 Å². The Morgan fingerprint density at radius 2 is 1.00 bits per heavy atom. The van der Waals surface area contributed by atoms with Gasteiger partial charge in [-0.15, -0.1) is 0 Å². The zero-order valence-electron chi connectivity index (χ0n) is 14.0. The molecule has 0 spiro atoms. The summed E-state index contributed by atoms with van der Waals surface area (Å²) in [6, 6.07) is 29.5. The van der Waals surface area contributed by atoms with E-state index in [0.29, 0.717) is 0 Å². The molecule has 0 unspecified atom stereocenters. The molecule has 0 nitrogen and oxygen atoms in total. The quantitative estimate of drug-likeness (QED) is 0.578. The summed E-state index contributed by atoms with van der Waals surface area (Å²) < 4.78 is 5.06. The van der Waals surface area contributed by atoms with Gasteiger partial charge in [0, 0.05) is 0 Å². The second-order valence-corrected chi connectivity index (χ2v) is 17.2. The third-order valence-electron chi connectivity index (χ3n) is 5.28. The van der Waals surface area contributed by atoms with Gasteiger partial charge < -0.3 is 0 Å². The number of rotatable bonds is 1. The molecule has 0 saturated carbocycles. The van der Waals surface area contributed by atoms with Gasteiger partial charge in [0.05, 0.1) is 0 Å². The molecule has 0 bridgehead atoms. The molecular weight excluding hydrogens is 337 g/mol. The van der Waals surface area contributed by atoms with Crippen LogP contribution in [-0.4, -0.2) is 13.3 Å². The molecule has 0 atom stereocenters. The number of fused-ring (bicyclic) bond motifs is 3. The predicted octanol–water partition coefficient (Wildman–Crippen LogP) is 3.94. The van der Waals surface area contributed by atoms with Gasteiger partial charge in [0.1, 0.15) is 0 Å². The second kappa shape index (κ2) is 5.10. The fraction of sp³-hybridized carbons (Fsp3) is 0.182. The zero-order valence-corrected chi connectivity index (χ0v) is 16.1. The molecule has 0 amide bonds. The molecule has 0 radical (unpaired) electrons. The number of hydrogen-bond donors (Lipinski definition) is 0. The molecule has 4 rings (SSSR count). The van der Waals surface area contributed by atoms with Crippen molar-refractivity contribution in [3.05, 3.63) is 78.9 Å². The van der Waals surface area contributed by atoms with Crippen LogP contribution in [0.5, 0.6) is 0 Å². The molecule has 0 N–H and O–H groups in total. The Morgan fingerprint density at radius 3 is 1.48 bits per heavy atom. The van der Waals surface area contributed by atoms with Gasteiger partial charge in [-0.3, -0.25) is 0 Å². The Kier molecular flexibility index (Phi) is 3.28. The van der Waals surface area contributed by atoms with Crippen LogP contribution in [0.2, 0.25) is 4.25 Å². The molecule has 0 saturated heterocycles. The number of benzene rings is 3. The fourth-order valence-corrected chi connectivity index (χ4v) is 17.1. The Morgan fingerprint density at radius 1 is 0.565 bits per heavy atom. The van der Waals surface area contributed by atoms with E-state index in [-0.39, 0.29) is 4.25 Å². The topological polar surface area (TPSA) is 0 Å². The van der Waals surface area contributed by atoms with Gasteiger partial charge in [-0.1, -0.05) is 0 Å². The molecule has 0 aliphatic carbocycles. The first kappa shape index (κ1) is 14.8. The molecule has 1 heterocycles. The van der Waals surface area contributed by atoms with Crippen LogP contribution in [0.25, 0.3) is 11.1 Å². The minimum absolute atomic E-state index is 0.254. The standard InChI is InChI=1S/C22H22Ge/c1-22(2,3)23(17-11-5-4-6-12-17)20-15-9-7-13-18(20)19-14-8-10-16-21(19)23/h4-16H,1-3H3. The number of hydrogen-bond acceptors (Lipinski definition) is 0. The Balaban J connectivity index is 2.19. The van der Waals surface area contributed by atoms with Crippen molar-refractivity contribution in [1.29, 1.82) is 0 Å². The first-order valence-corrected chi connectivity index (χ1v) is 12.5. The van der Waals surface area contributed by atoms with Crippen LogP contribution in [0.1, 0.15) is 20.8 Å². The van der Waals surface area contributed by atoms with Crippen molar-refractivity contribution >= 4 is 26.5 Å². The maximum atomic E-state index is 2.44. The van der Waals surface area contributed by atoms with Gasteiger partial charge >= 0.3 is 141 Å². The van der Waals surface area contributed by atoms with Crippen molar-refractivity contribution in [3.8, 4) is 11.1 Å². The van der Waals surface area contributed by atoms with E-state index < -0.39 is 13.3 Å². The van der Waals surface area contributed by atoms with Gasteiger partial charge in [-0.25, -0.2) is 0 Å². The van der Waals surface area contributed by atoms with E-state index in [4.69, 9.17) is 0 Å². The first-order valence-electron chi connectivity index (χ1n) is 8.32. The van der Waals surface area contributed by atoms with Crippen LogP contribution in [0.4, 0.5) is 0 Å². The summed E-state index contributed by atoms with van der Waals surface area (Å²) in [6.07, 6.45) is 0. The van der Waals surface area contributed by atoms with Crippen molar-refractivity contribution in [2.45, 2.75) is 25.0 Å². The monoisotopic (exact) mass is 360 g/mol. The van der Waals surface area contributed by atoms with E-state index >= 15 is 0 Å². The molecule has 3 aromatic carbocycles. The van der Waals surface area contributed by atoms with E-state index in [0.717, 1.165) is 0 Å². The Bertz CT molecular complexity index is 811. The van der Waals surface area contributed by atoms with Crippen molar-refractivity contribution in [2.75, 3.05) is 0 Å². The van der Waals surface area contributed by atoms with Crippen molar-refractivity contribution in [1.82, 2.24) is 0 Å². The molecule has 1 aliphatic rings.